The summed E-state index contributed by atoms with van der Waals surface area (Å²) in [6.45, 7) is 2.45. The number of pyridine rings is 1. The van der Waals surface area contributed by atoms with Crippen LogP contribution in [-0.4, -0.2) is 35.8 Å². The predicted molar refractivity (Wildman–Crippen MR) is 115 cm³/mol. The highest BCUT2D eigenvalue weighted by Gasteiger charge is 2.45. The van der Waals surface area contributed by atoms with Crippen molar-refractivity contribution in [1.29, 1.82) is 0 Å². The Morgan fingerprint density at radius 2 is 1.94 bits per heavy atom. The van der Waals surface area contributed by atoms with E-state index in [-0.39, 0.29) is 37.1 Å². The van der Waals surface area contributed by atoms with Gasteiger partial charge in [0, 0.05) is 44.6 Å². The van der Waals surface area contributed by atoms with E-state index in [0.29, 0.717) is 34.4 Å². The number of benzene rings is 1. The Kier molecular flexibility index (Phi) is 5.97. The van der Waals surface area contributed by atoms with Gasteiger partial charge in [0.25, 0.3) is 5.91 Å². The summed E-state index contributed by atoms with van der Waals surface area (Å²) in [7, 11) is 0. The molecule has 1 aromatic carbocycles. The lowest BCUT2D eigenvalue weighted by molar-refractivity contribution is -0.116. The molecule has 5 nitrogen and oxygen atoms in total. The molecule has 0 radical (unpaired) electrons. The van der Waals surface area contributed by atoms with E-state index in [9.17, 15) is 18.4 Å². The number of alkyl halides is 2. The van der Waals surface area contributed by atoms with Crippen LogP contribution in [0.1, 0.15) is 43.0 Å². The molecule has 8 heteroatoms. The molecule has 2 aliphatic carbocycles. The van der Waals surface area contributed by atoms with E-state index in [4.69, 9.17) is 11.6 Å². The van der Waals surface area contributed by atoms with Gasteiger partial charge in [0.05, 0.1) is 22.0 Å². The van der Waals surface area contributed by atoms with Gasteiger partial charge in [-0.1, -0.05) is 17.7 Å². The third kappa shape index (κ3) is 5.21. The van der Waals surface area contributed by atoms with E-state index in [1.807, 2.05) is 12.1 Å². The SMILES string of the molecule is CC(=O)N(CC1CC1)c1ccc(-c2ccc(C(=O)NCC3CC(F)(F)C3)cn2)cc1Cl. The van der Waals surface area contributed by atoms with Crippen molar-refractivity contribution in [3.8, 4) is 11.3 Å². The Hall–Kier alpha value is -2.54. The highest BCUT2D eigenvalue weighted by atomic mass is 35.5. The van der Waals surface area contributed by atoms with Crippen molar-refractivity contribution in [1.82, 2.24) is 10.3 Å². The Bertz CT molecular complexity index is 985. The first kappa shape index (κ1) is 21.7. The largest absolute Gasteiger partial charge is 0.352 e. The topological polar surface area (TPSA) is 62.3 Å². The maximum absolute atomic E-state index is 12.9. The van der Waals surface area contributed by atoms with Crippen LogP contribution in [0.3, 0.4) is 0 Å². The van der Waals surface area contributed by atoms with E-state index in [1.54, 1.807) is 23.1 Å². The van der Waals surface area contributed by atoms with Crippen molar-refractivity contribution in [2.24, 2.45) is 11.8 Å². The predicted octanol–water partition coefficient (Wildman–Crippen LogP) is 4.94. The zero-order valence-corrected chi connectivity index (χ0v) is 18.0. The number of rotatable bonds is 7. The minimum absolute atomic E-state index is 0.0411. The van der Waals surface area contributed by atoms with Crippen LogP contribution in [0.5, 0.6) is 0 Å². The molecular formula is C23H24ClF2N3O2. The van der Waals surface area contributed by atoms with Gasteiger partial charge in [-0.3, -0.25) is 14.6 Å². The van der Waals surface area contributed by atoms with Crippen LogP contribution in [0.2, 0.25) is 5.02 Å². The summed E-state index contributed by atoms with van der Waals surface area (Å²) in [5, 5.41) is 3.15. The van der Waals surface area contributed by atoms with Gasteiger partial charge >= 0.3 is 0 Å². The average molecular weight is 448 g/mol. The first-order valence-corrected chi connectivity index (χ1v) is 10.8. The third-order valence-corrected chi connectivity index (χ3v) is 6.11. The lowest BCUT2D eigenvalue weighted by Crippen LogP contribution is -2.42. The fraction of sp³-hybridized carbons (Fsp3) is 0.435. The van der Waals surface area contributed by atoms with Gasteiger partial charge in [0.15, 0.2) is 0 Å². The van der Waals surface area contributed by atoms with E-state index < -0.39 is 5.92 Å². The summed E-state index contributed by atoms with van der Waals surface area (Å²) in [6.07, 6.45) is 3.37. The van der Waals surface area contributed by atoms with Gasteiger partial charge in [-0.15, -0.1) is 0 Å². The minimum Gasteiger partial charge on any atom is -0.352 e. The molecule has 0 saturated heterocycles. The van der Waals surface area contributed by atoms with Crippen molar-refractivity contribution in [2.45, 2.75) is 38.5 Å². The van der Waals surface area contributed by atoms with Crippen molar-refractivity contribution >= 4 is 29.1 Å². The molecule has 2 fully saturated rings. The van der Waals surface area contributed by atoms with Gasteiger partial charge in [0.1, 0.15) is 0 Å². The number of carbonyl (C=O) groups is 2. The highest BCUT2D eigenvalue weighted by molar-refractivity contribution is 6.34. The van der Waals surface area contributed by atoms with E-state index in [0.717, 1.165) is 18.4 Å². The van der Waals surface area contributed by atoms with Crippen LogP contribution in [-0.2, 0) is 4.79 Å². The summed E-state index contributed by atoms with van der Waals surface area (Å²) in [5.41, 5.74) is 2.46. The molecular weight excluding hydrogens is 424 g/mol. The number of nitrogens with zero attached hydrogens (tertiary/aromatic N) is 2. The van der Waals surface area contributed by atoms with Gasteiger partial charge in [-0.2, -0.15) is 0 Å². The molecule has 2 aliphatic rings. The molecule has 0 atom stereocenters. The fourth-order valence-electron chi connectivity index (χ4n) is 3.81. The molecule has 2 aromatic rings. The molecule has 0 aliphatic heterocycles. The van der Waals surface area contributed by atoms with E-state index in [2.05, 4.69) is 10.3 Å². The molecule has 1 aromatic heterocycles. The second kappa shape index (κ2) is 8.54. The number of halogens is 3. The average Bonchev–Trinajstić information content (AvgIpc) is 3.53. The van der Waals surface area contributed by atoms with Crippen LogP contribution >= 0.6 is 11.6 Å². The summed E-state index contributed by atoms with van der Waals surface area (Å²) >= 11 is 6.47. The summed E-state index contributed by atoms with van der Waals surface area (Å²) in [4.78, 5) is 30.3. The second-order valence-electron chi connectivity index (χ2n) is 8.51. The second-order valence-corrected chi connectivity index (χ2v) is 8.92. The van der Waals surface area contributed by atoms with Gasteiger partial charge in [-0.25, -0.2) is 8.78 Å². The lowest BCUT2D eigenvalue weighted by atomic mass is 9.81. The number of nitrogens with one attached hydrogen (secondary N) is 1. The van der Waals surface area contributed by atoms with Crippen molar-refractivity contribution in [3.63, 3.8) is 0 Å². The molecule has 164 valence electrons. The van der Waals surface area contributed by atoms with E-state index in [1.165, 1.54) is 13.1 Å². The van der Waals surface area contributed by atoms with Crippen LogP contribution in [0.25, 0.3) is 11.3 Å². The Morgan fingerprint density at radius 1 is 1.19 bits per heavy atom. The third-order valence-electron chi connectivity index (χ3n) is 5.80. The highest BCUT2D eigenvalue weighted by Crippen LogP contribution is 2.42. The fourth-order valence-corrected chi connectivity index (χ4v) is 4.09. The number of amides is 2. The molecule has 4 rings (SSSR count). The summed E-state index contributed by atoms with van der Waals surface area (Å²) in [5.74, 6) is -2.60. The first-order valence-electron chi connectivity index (χ1n) is 10.4. The Balaban J connectivity index is 1.40. The number of anilines is 1. The van der Waals surface area contributed by atoms with Crippen molar-refractivity contribution < 1.29 is 18.4 Å². The quantitative estimate of drug-likeness (QED) is 0.654. The number of hydrogen-bond donors (Lipinski definition) is 1. The first-order chi connectivity index (χ1) is 14.7. The zero-order chi connectivity index (χ0) is 22.2. The standard InChI is InChI=1S/C23H24ClF2N3O2/c1-14(30)29(13-15-2-3-15)21-7-5-17(8-19(21)24)20-6-4-18(12-27-20)22(31)28-11-16-9-23(25,26)10-16/h4-8,12,15-16H,2-3,9-11,13H2,1H3,(H,28,31). The lowest BCUT2D eigenvalue weighted by Gasteiger charge is -2.34. The van der Waals surface area contributed by atoms with Gasteiger partial charge in [-0.05, 0) is 48.9 Å². The van der Waals surface area contributed by atoms with Crippen molar-refractivity contribution in [2.75, 3.05) is 18.0 Å². The Labute approximate surface area is 184 Å². The van der Waals surface area contributed by atoms with Crippen LogP contribution in [0.15, 0.2) is 36.5 Å². The van der Waals surface area contributed by atoms with Crippen LogP contribution in [0.4, 0.5) is 14.5 Å². The number of aromatic nitrogens is 1. The van der Waals surface area contributed by atoms with Gasteiger partial charge < -0.3 is 10.2 Å². The van der Waals surface area contributed by atoms with Crippen molar-refractivity contribution in [3.05, 3.63) is 47.1 Å². The normalized spacial score (nSPS) is 17.7. The minimum atomic E-state index is -2.59. The molecule has 31 heavy (non-hydrogen) atoms. The maximum Gasteiger partial charge on any atom is 0.252 e. The molecule has 0 bridgehead atoms. The Morgan fingerprint density at radius 3 is 2.48 bits per heavy atom. The summed E-state index contributed by atoms with van der Waals surface area (Å²) < 4.78 is 25.8. The summed E-state index contributed by atoms with van der Waals surface area (Å²) in [6, 6.07) is 8.79. The van der Waals surface area contributed by atoms with Crippen LogP contribution < -0.4 is 10.2 Å². The van der Waals surface area contributed by atoms with Gasteiger partial charge in [0.2, 0.25) is 11.8 Å². The molecule has 0 unspecified atom stereocenters. The maximum atomic E-state index is 12.9. The van der Waals surface area contributed by atoms with E-state index >= 15 is 0 Å². The zero-order valence-electron chi connectivity index (χ0n) is 17.2. The molecule has 0 spiro atoms. The van der Waals surface area contributed by atoms with Crippen LogP contribution in [0, 0.1) is 11.8 Å². The molecule has 2 amide bonds. The molecule has 2 saturated carbocycles. The number of hydrogen-bond acceptors (Lipinski definition) is 3. The monoisotopic (exact) mass is 447 g/mol. The molecule has 1 N–H and O–H groups in total. The number of carbonyl (C=O) groups excluding carboxylic acids is 2. The molecule has 1 heterocycles. The smallest absolute Gasteiger partial charge is 0.252 e.